The van der Waals surface area contributed by atoms with Crippen molar-refractivity contribution in [1.29, 1.82) is 0 Å². The summed E-state index contributed by atoms with van der Waals surface area (Å²) in [5.41, 5.74) is 3.52. The third-order valence-corrected chi connectivity index (χ3v) is 5.10. The number of aromatic nitrogens is 3. The highest BCUT2D eigenvalue weighted by Crippen LogP contribution is 2.42. The van der Waals surface area contributed by atoms with Crippen molar-refractivity contribution in [3.05, 3.63) is 41.6 Å². The van der Waals surface area contributed by atoms with Gasteiger partial charge in [-0.05, 0) is 35.1 Å². The highest BCUT2D eigenvalue weighted by atomic mass is 16.3. The number of aromatic hydroxyl groups is 1. The zero-order chi connectivity index (χ0) is 21.6. The number of fused-ring (bicyclic) bond motifs is 1. The maximum absolute atomic E-state index is 11.0. The van der Waals surface area contributed by atoms with Crippen molar-refractivity contribution < 1.29 is 15.3 Å². The molecule has 0 saturated heterocycles. The monoisotopic (exact) mass is 397 g/mol. The van der Waals surface area contributed by atoms with Gasteiger partial charge in [-0.2, -0.15) is 5.10 Å². The third-order valence-electron chi connectivity index (χ3n) is 5.10. The van der Waals surface area contributed by atoms with Crippen molar-refractivity contribution in [2.24, 2.45) is 0 Å². The lowest BCUT2D eigenvalue weighted by Gasteiger charge is -2.28. The first-order valence-electron chi connectivity index (χ1n) is 9.92. The van der Waals surface area contributed by atoms with Gasteiger partial charge in [0.25, 0.3) is 0 Å². The van der Waals surface area contributed by atoms with Crippen molar-refractivity contribution in [3.63, 3.8) is 0 Å². The number of hydrogen-bond donors (Lipinski definition) is 3. The Morgan fingerprint density at radius 3 is 2.14 bits per heavy atom. The molecule has 0 bridgehead atoms. The Balaban J connectivity index is 2.30. The number of aliphatic hydroxyl groups is 2. The Morgan fingerprint density at radius 1 is 1.03 bits per heavy atom. The summed E-state index contributed by atoms with van der Waals surface area (Å²) in [6, 6.07) is 7.79. The molecule has 3 N–H and O–H groups in total. The number of rotatable bonds is 4. The van der Waals surface area contributed by atoms with Gasteiger partial charge in [-0.15, -0.1) is 0 Å². The molecule has 1 unspecified atom stereocenters. The molecule has 0 aliphatic carbocycles. The molecule has 0 aliphatic heterocycles. The van der Waals surface area contributed by atoms with Crippen molar-refractivity contribution in [2.75, 3.05) is 6.61 Å². The lowest BCUT2D eigenvalue weighted by Crippen LogP contribution is -2.20. The summed E-state index contributed by atoms with van der Waals surface area (Å²) in [5.74, 6) is 0.325. The van der Waals surface area contributed by atoms with Gasteiger partial charge in [0.15, 0.2) is 5.65 Å². The Kier molecular flexibility index (Phi) is 5.45. The van der Waals surface area contributed by atoms with Crippen LogP contribution >= 0.6 is 0 Å². The minimum Gasteiger partial charge on any atom is -0.507 e. The number of nitrogens with zero attached hydrogens (tertiary/aromatic N) is 3. The molecule has 29 heavy (non-hydrogen) atoms. The normalized spacial score (nSPS) is 13.8. The fourth-order valence-corrected chi connectivity index (χ4v) is 3.52. The van der Waals surface area contributed by atoms with E-state index in [0.29, 0.717) is 11.4 Å². The number of phenolic OH excluding ortho intramolecular Hbond substituents is 1. The zero-order valence-electron chi connectivity index (χ0n) is 18.1. The van der Waals surface area contributed by atoms with Gasteiger partial charge in [0.2, 0.25) is 0 Å². The van der Waals surface area contributed by atoms with Gasteiger partial charge in [-0.3, -0.25) is 0 Å². The van der Waals surface area contributed by atoms with E-state index in [1.54, 1.807) is 10.9 Å². The van der Waals surface area contributed by atoms with Crippen molar-refractivity contribution in [2.45, 2.75) is 65.0 Å². The molecule has 1 aromatic carbocycles. The van der Waals surface area contributed by atoms with Crippen LogP contribution < -0.4 is 0 Å². The Hall–Kier alpha value is -2.44. The van der Waals surface area contributed by atoms with Crippen molar-refractivity contribution in [1.82, 2.24) is 14.8 Å². The summed E-state index contributed by atoms with van der Waals surface area (Å²) in [4.78, 5) is 4.43. The fraction of sp³-hybridized carbons (Fsp3) is 0.478. The fourth-order valence-electron chi connectivity index (χ4n) is 3.52. The second-order valence-corrected chi connectivity index (χ2v) is 9.66. The van der Waals surface area contributed by atoms with Gasteiger partial charge in [0, 0.05) is 28.3 Å². The summed E-state index contributed by atoms with van der Waals surface area (Å²) in [6.07, 6.45) is 0.774. The minimum absolute atomic E-state index is 0.153. The smallest absolute Gasteiger partial charge is 0.158 e. The Bertz CT molecular complexity index is 991. The molecule has 3 rings (SSSR count). The van der Waals surface area contributed by atoms with Crippen LogP contribution in [0.5, 0.6) is 5.75 Å². The Morgan fingerprint density at radius 2 is 1.62 bits per heavy atom. The highest BCUT2D eigenvalue weighted by molar-refractivity contribution is 5.91. The molecule has 0 amide bonds. The van der Waals surface area contributed by atoms with Gasteiger partial charge >= 0.3 is 0 Å². The third kappa shape index (κ3) is 4.14. The van der Waals surface area contributed by atoms with E-state index in [2.05, 4.69) is 46.5 Å². The van der Waals surface area contributed by atoms with E-state index in [0.717, 1.165) is 27.8 Å². The number of phenols is 1. The number of pyridine rings is 1. The maximum atomic E-state index is 11.0. The van der Waals surface area contributed by atoms with Crippen LogP contribution in [-0.4, -0.2) is 42.8 Å². The molecule has 0 radical (unpaired) electrons. The molecule has 6 nitrogen and oxygen atoms in total. The van der Waals surface area contributed by atoms with Crippen molar-refractivity contribution >= 4 is 11.0 Å². The molecule has 2 heterocycles. The largest absolute Gasteiger partial charge is 0.507 e. The first kappa shape index (κ1) is 21.3. The summed E-state index contributed by atoms with van der Waals surface area (Å²) in [6.45, 7) is 12.3. The molecule has 2 aromatic heterocycles. The number of benzene rings is 1. The van der Waals surface area contributed by atoms with Crippen LogP contribution in [0.1, 0.15) is 52.7 Å². The maximum Gasteiger partial charge on any atom is 0.158 e. The summed E-state index contributed by atoms with van der Waals surface area (Å²) in [7, 11) is 0. The first-order chi connectivity index (χ1) is 13.4. The highest BCUT2D eigenvalue weighted by Gasteiger charge is 2.28. The van der Waals surface area contributed by atoms with E-state index in [4.69, 9.17) is 5.10 Å². The topological polar surface area (TPSA) is 91.4 Å². The molecule has 0 saturated carbocycles. The van der Waals surface area contributed by atoms with Gasteiger partial charge in [0.1, 0.15) is 11.4 Å². The number of hydrogen-bond acceptors (Lipinski definition) is 5. The molecule has 0 fully saturated rings. The molecule has 0 spiro atoms. The molecule has 1 atom stereocenters. The van der Waals surface area contributed by atoms with Gasteiger partial charge in [-0.1, -0.05) is 41.5 Å². The molecule has 156 valence electrons. The van der Waals surface area contributed by atoms with Crippen LogP contribution in [0, 0.1) is 0 Å². The molecule has 6 heteroatoms. The van der Waals surface area contributed by atoms with Gasteiger partial charge in [0.05, 0.1) is 19.3 Å². The molecule has 3 aromatic rings. The molecule has 0 aliphatic rings. The number of aliphatic hydroxyl groups excluding tert-OH is 2. The summed E-state index contributed by atoms with van der Waals surface area (Å²) < 4.78 is 1.63. The van der Waals surface area contributed by atoms with Gasteiger partial charge < -0.3 is 15.3 Å². The van der Waals surface area contributed by atoms with E-state index in [-0.39, 0.29) is 24.0 Å². The molecular formula is C23H31N3O3. The molecular weight excluding hydrogens is 366 g/mol. The first-order valence-corrected chi connectivity index (χ1v) is 9.92. The van der Waals surface area contributed by atoms with Crippen LogP contribution in [0.2, 0.25) is 0 Å². The minimum atomic E-state index is -0.914. The van der Waals surface area contributed by atoms with Crippen LogP contribution in [-0.2, 0) is 17.4 Å². The lowest BCUT2D eigenvalue weighted by atomic mass is 9.78. The van der Waals surface area contributed by atoms with E-state index >= 15 is 0 Å². The lowest BCUT2D eigenvalue weighted by molar-refractivity contribution is 0.0792. The quantitative estimate of drug-likeness (QED) is 0.624. The van der Waals surface area contributed by atoms with Crippen LogP contribution in [0.25, 0.3) is 22.3 Å². The van der Waals surface area contributed by atoms with E-state index in [9.17, 15) is 15.3 Å². The van der Waals surface area contributed by atoms with Gasteiger partial charge in [-0.25, -0.2) is 9.67 Å². The predicted octanol–water partition coefficient (Wildman–Crippen LogP) is 3.75. The second kappa shape index (κ2) is 7.43. The second-order valence-electron chi connectivity index (χ2n) is 9.66. The Labute approximate surface area is 171 Å². The zero-order valence-corrected chi connectivity index (χ0v) is 18.1. The van der Waals surface area contributed by atoms with Crippen molar-refractivity contribution in [3.8, 4) is 17.0 Å². The average molecular weight is 398 g/mol. The standard InChI is InChI=1S/C23H31N3O3/c1-22(2,3)17-10-14(11-18(20(17)29)23(4,5)6)19-16-8-7-9-24-21(16)26(25-19)12-15(28)13-27/h7-11,15,27-29H,12-13H2,1-6H3. The summed E-state index contributed by atoms with van der Waals surface area (Å²) >= 11 is 0. The van der Waals surface area contributed by atoms with Crippen LogP contribution in [0.4, 0.5) is 0 Å². The SMILES string of the molecule is CC(C)(C)c1cc(-c2nn(CC(O)CO)c3ncccc23)cc(C(C)(C)C)c1O. The van der Waals surface area contributed by atoms with Crippen LogP contribution in [0.3, 0.4) is 0 Å². The van der Waals surface area contributed by atoms with Crippen LogP contribution in [0.15, 0.2) is 30.5 Å². The average Bonchev–Trinajstić information content (AvgIpc) is 2.98. The van der Waals surface area contributed by atoms with E-state index < -0.39 is 6.10 Å². The van der Waals surface area contributed by atoms with E-state index in [1.165, 1.54) is 0 Å². The van der Waals surface area contributed by atoms with E-state index in [1.807, 2.05) is 24.3 Å². The predicted molar refractivity (Wildman–Crippen MR) is 115 cm³/mol. The summed E-state index contributed by atoms with van der Waals surface area (Å²) in [5, 5.41) is 35.7.